The highest BCUT2D eigenvalue weighted by Crippen LogP contribution is 2.10. The van der Waals surface area contributed by atoms with Crippen LogP contribution in [0.5, 0.6) is 5.75 Å². The molecule has 0 unspecified atom stereocenters. The lowest BCUT2D eigenvalue weighted by Crippen LogP contribution is -1.75. The Hall–Kier alpha value is -1.96. The first-order valence-electron chi connectivity index (χ1n) is 4.59. The van der Waals surface area contributed by atoms with Gasteiger partial charge in [-0.1, -0.05) is 36.9 Å². The van der Waals surface area contributed by atoms with Gasteiger partial charge in [-0.15, -0.1) is 0 Å². The fourth-order valence-corrected chi connectivity index (χ4v) is 0.983. The van der Waals surface area contributed by atoms with E-state index >= 15 is 0 Å². The van der Waals surface area contributed by atoms with Crippen molar-refractivity contribution in [3.63, 3.8) is 0 Å². The number of hydrogen-bond donors (Lipinski definition) is 1. The maximum Gasteiger partial charge on any atom is 0.115 e. The minimum atomic E-state index is 0.274. The van der Waals surface area contributed by atoms with Gasteiger partial charge in [0.15, 0.2) is 0 Å². The van der Waals surface area contributed by atoms with Gasteiger partial charge >= 0.3 is 0 Å². The van der Waals surface area contributed by atoms with Crippen LogP contribution in [-0.4, -0.2) is 12.2 Å². The molecule has 78 valence electrons. The summed E-state index contributed by atoms with van der Waals surface area (Å²) in [6.07, 6.45) is 7.44. The van der Waals surface area contributed by atoms with E-state index in [1.54, 1.807) is 25.3 Å². The number of rotatable bonds is 4. The Morgan fingerprint density at radius 3 is 2.53 bits per heavy atom. The molecular weight excluding hydrogens is 188 g/mol. The highest BCUT2D eigenvalue weighted by atomic mass is 16.5. The van der Waals surface area contributed by atoms with Gasteiger partial charge in [-0.2, -0.15) is 0 Å². The SMILES string of the molecule is C=C(/C=C/C=C/c1ccc(O)cc1)OC. The number of aromatic hydroxyl groups is 1. The number of methoxy groups -OCH3 is 1. The summed E-state index contributed by atoms with van der Waals surface area (Å²) in [7, 11) is 1.58. The molecule has 15 heavy (non-hydrogen) atoms. The van der Waals surface area contributed by atoms with Crippen molar-refractivity contribution in [2.45, 2.75) is 0 Å². The zero-order valence-electron chi connectivity index (χ0n) is 8.68. The molecule has 0 heterocycles. The first-order valence-corrected chi connectivity index (χ1v) is 4.59. The van der Waals surface area contributed by atoms with Gasteiger partial charge in [0.1, 0.15) is 11.5 Å². The summed E-state index contributed by atoms with van der Waals surface area (Å²) in [4.78, 5) is 0. The second kappa shape index (κ2) is 5.70. The van der Waals surface area contributed by atoms with Crippen LogP contribution in [0.15, 0.2) is 54.8 Å². The number of benzene rings is 1. The summed E-state index contributed by atoms with van der Waals surface area (Å²) in [5, 5.41) is 9.07. The molecule has 2 heteroatoms. The third-order valence-electron chi connectivity index (χ3n) is 1.84. The predicted molar refractivity (Wildman–Crippen MR) is 62.4 cm³/mol. The largest absolute Gasteiger partial charge is 0.508 e. The first-order chi connectivity index (χ1) is 7.22. The summed E-state index contributed by atoms with van der Waals surface area (Å²) < 4.78 is 4.87. The van der Waals surface area contributed by atoms with Crippen molar-refractivity contribution < 1.29 is 9.84 Å². The maximum atomic E-state index is 9.07. The molecule has 0 atom stereocenters. The summed E-state index contributed by atoms with van der Waals surface area (Å²) in [5.41, 5.74) is 1.03. The van der Waals surface area contributed by atoms with Gasteiger partial charge in [-0.3, -0.25) is 0 Å². The van der Waals surface area contributed by atoms with Gasteiger partial charge in [0, 0.05) is 0 Å². The summed E-state index contributed by atoms with van der Waals surface area (Å²) in [6, 6.07) is 6.98. The van der Waals surface area contributed by atoms with Crippen LogP contribution in [0.1, 0.15) is 5.56 Å². The lowest BCUT2D eigenvalue weighted by molar-refractivity contribution is 0.309. The van der Waals surface area contributed by atoms with Crippen molar-refractivity contribution in [2.24, 2.45) is 0 Å². The lowest BCUT2D eigenvalue weighted by Gasteiger charge is -1.94. The molecule has 0 saturated heterocycles. The van der Waals surface area contributed by atoms with Crippen LogP contribution in [0, 0.1) is 0 Å². The minimum Gasteiger partial charge on any atom is -0.508 e. The molecule has 0 aliphatic heterocycles. The van der Waals surface area contributed by atoms with Crippen molar-refractivity contribution in [3.8, 4) is 5.75 Å². The Morgan fingerprint density at radius 2 is 1.93 bits per heavy atom. The third-order valence-corrected chi connectivity index (χ3v) is 1.84. The monoisotopic (exact) mass is 202 g/mol. The zero-order valence-corrected chi connectivity index (χ0v) is 8.68. The molecule has 1 rings (SSSR count). The van der Waals surface area contributed by atoms with E-state index < -0.39 is 0 Å². The Balaban J connectivity index is 2.55. The first kappa shape index (κ1) is 11.1. The van der Waals surface area contributed by atoms with E-state index in [-0.39, 0.29) is 5.75 Å². The van der Waals surface area contributed by atoms with E-state index in [0.29, 0.717) is 5.76 Å². The molecule has 0 aliphatic carbocycles. The lowest BCUT2D eigenvalue weighted by atomic mass is 10.2. The van der Waals surface area contributed by atoms with Gasteiger partial charge in [-0.25, -0.2) is 0 Å². The van der Waals surface area contributed by atoms with Crippen LogP contribution in [0.4, 0.5) is 0 Å². The predicted octanol–water partition coefficient (Wildman–Crippen LogP) is 3.12. The van der Waals surface area contributed by atoms with Crippen molar-refractivity contribution in [1.29, 1.82) is 0 Å². The summed E-state index contributed by atoms with van der Waals surface area (Å²) in [5.74, 6) is 0.890. The minimum absolute atomic E-state index is 0.274. The number of phenols is 1. The van der Waals surface area contributed by atoms with Crippen LogP contribution in [0.25, 0.3) is 6.08 Å². The number of allylic oxidation sites excluding steroid dienone is 3. The maximum absolute atomic E-state index is 9.07. The molecule has 1 aromatic rings. The second-order valence-electron chi connectivity index (χ2n) is 2.98. The molecule has 1 aromatic carbocycles. The zero-order chi connectivity index (χ0) is 11.1. The van der Waals surface area contributed by atoms with Crippen molar-refractivity contribution in [1.82, 2.24) is 0 Å². The number of ether oxygens (including phenoxy) is 1. The molecule has 0 fully saturated rings. The van der Waals surface area contributed by atoms with Crippen LogP contribution >= 0.6 is 0 Å². The van der Waals surface area contributed by atoms with E-state index in [9.17, 15) is 0 Å². The normalized spacial score (nSPS) is 11.0. The summed E-state index contributed by atoms with van der Waals surface area (Å²) >= 11 is 0. The van der Waals surface area contributed by atoms with E-state index in [0.717, 1.165) is 5.56 Å². The van der Waals surface area contributed by atoms with Gasteiger partial charge in [0.25, 0.3) is 0 Å². The van der Waals surface area contributed by atoms with Crippen LogP contribution < -0.4 is 0 Å². The highest BCUT2D eigenvalue weighted by Gasteiger charge is 1.86. The topological polar surface area (TPSA) is 29.5 Å². The molecule has 1 N–H and O–H groups in total. The number of hydrogen-bond acceptors (Lipinski definition) is 2. The van der Waals surface area contributed by atoms with Crippen molar-refractivity contribution >= 4 is 6.08 Å². The molecule has 0 saturated carbocycles. The van der Waals surface area contributed by atoms with E-state index in [4.69, 9.17) is 9.84 Å². The van der Waals surface area contributed by atoms with Gasteiger partial charge < -0.3 is 9.84 Å². The third kappa shape index (κ3) is 4.18. The van der Waals surface area contributed by atoms with Gasteiger partial charge in [-0.05, 0) is 23.8 Å². The molecule has 0 aromatic heterocycles. The average molecular weight is 202 g/mol. The van der Waals surface area contributed by atoms with Gasteiger partial charge in [0.2, 0.25) is 0 Å². The van der Waals surface area contributed by atoms with E-state index in [1.165, 1.54) is 0 Å². The fourth-order valence-electron chi connectivity index (χ4n) is 0.983. The standard InChI is InChI=1S/C13H14O2/c1-11(15-2)5-3-4-6-12-7-9-13(14)10-8-12/h3-10,14H,1H2,2H3/b5-3+,6-4+. The highest BCUT2D eigenvalue weighted by molar-refractivity contribution is 5.52. The van der Waals surface area contributed by atoms with Crippen LogP contribution in [0.2, 0.25) is 0 Å². The van der Waals surface area contributed by atoms with Crippen molar-refractivity contribution in [3.05, 3.63) is 60.4 Å². The van der Waals surface area contributed by atoms with Gasteiger partial charge in [0.05, 0.1) is 7.11 Å². The molecule has 0 bridgehead atoms. The fraction of sp³-hybridized carbons (Fsp3) is 0.0769. The molecule has 2 nitrogen and oxygen atoms in total. The van der Waals surface area contributed by atoms with E-state index in [1.807, 2.05) is 30.4 Å². The Kier molecular flexibility index (Phi) is 4.23. The average Bonchev–Trinajstić information content (AvgIpc) is 2.26. The molecule has 0 spiro atoms. The number of phenolic OH excluding ortho intramolecular Hbond substituents is 1. The molecule has 0 radical (unpaired) electrons. The Morgan fingerprint density at radius 1 is 1.27 bits per heavy atom. The Bertz CT molecular complexity index is 372. The van der Waals surface area contributed by atoms with Crippen LogP contribution in [0.3, 0.4) is 0 Å². The van der Waals surface area contributed by atoms with E-state index in [2.05, 4.69) is 6.58 Å². The van der Waals surface area contributed by atoms with Crippen molar-refractivity contribution in [2.75, 3.05) is 7.11 Å². The Labute approximate surface area is 89.8 Å². The molecular formula is C13H14O2. The molecule has 0 amide bonds. The summed E-state index contributed by atoms with van der Waals surface area (Å²) in [6.45, 7) is 3.65. The van der Waals surface area contributed by atoms with Crippen LogP contribution in [-0.2, 0) is 4.74 Å². The molecule has 0 aliphatic rings. The quantitative estimate of drug-likeness (QED) is 0.600. The smallest absolute Gasteiger partial charge is 0.115 e. The second-order valence-corrected chi connectivity index (χ2v) is 2.98.